The molecule has 176 valence electrons. The van der Waals surface area contributed by atoms with Gasteiger partial charge in [-0.15, -0.1) is 24.0 Å². The third-order valence-corrected chi connectivity index (χ3v) is 8.12. The number of aliphatic imine (C=N–C) groups is 1. The van der Waals surface area contributed by atoms with Crippen LogP contribution >= 0.6 is 24.0 Å². The van der Waals surface area contributed by atoms with Crippen molar-refractivity contribution in [2.75, 3.05) is 46.3 Å². The average molecular weight is 564 g/mol. The lowest BCUT2D eigenvalue weighted by Crippen LogP contribution is -2.50. The normalized spacial score (nSPS) is 20.3. The number of guanidine groups is 1. The van der Waals surface area contributed by atoms with E-state index in [4.69, 9.17) is 0 Å². The summed E-state index contributed by atoms with van der Waals surface area (Å²) >= 11 is 0. The van der Waals surface area contributed by atoms with E-state index in [-0.39, 0.29) is 24.0 Å². The van der Waals surface area contributed by atoms with Crippen LogP contribution in [-0.2, 0) is 10.0 Å². The summed E-state index contributed by atoms with van der Waals surface area (Å²) in [5.74, 6) is 1.32. The van der Waals surface area contributed by atoms with Gasteiger partial charge in [-0.05, 0) is 56.7 Å². The predicted octanol–water partition coefficient (Wildman–Crippen LogP) is 2.74. The second-order valence-corrected chi connectivity index (χ2v) is 10.3. The number of nitrogens with zero attached hydrogens (tertiary/aromatic N) is 3. The summed E-state index contributed by atoms with van der Waals surface area (Å²) in [5, 5.41) is 7.03. The van der Waals surface area contributed by atoms with Crippen LogP contribution < -0.4 is 10.6 Å². The minimum atomic E-state index is -3.38. The molecule has 0 bridgehead atoms. The van der Waals surface area contributed by atoms with E-state index >= 15 is 0 Å². The third kappa shape index (κ3) is 7.57. The van der Waals surface area contributed by atoms with Crippen molar-refractivity contribution in [2.45, 2.75) is 50.0 Å². The van der Waals surface area contributed by atoms with Gasteiger partial charge in [0.1, 0.15) is 0 Å². The van der Waals surface area contributed by atoms with Gasteiger partial charge in [0.05, 0.1) is 4.90 Å². The molecule has 0 unspecified atom stereocenters. The summed E-state index contributed by atoms with van der Waals surface area (Å²) in [4.78, 5) is 7.31. The van der Waals surface area contributed by atoms with Crippen LogP contribution in [0.4, 0.5) is 0 Å². The van der Waals surface area contributed by atoms with Crippen molar-refractivity contribution in [1.82, 2.24) is 19.8 Å². The maximum Gasteiger partial charge on any atom is 0.243 e. The molecule has 1 aromatic carbocycles. The molecule has 2 heterocycles. The van der Waals surface area contributed by atoms with Gasteiger partial charge in [0, 0.05) is 45.8 Å². The number of rotatable bonds is 7. The molecule has 0 saturated carbocycles. The summed E-state index contributed by atoms with van der Waals surface area (Å²) < 4.78 is 27.2. The van der Waals surface area contributed by atoms with E-state index in [2.05, 4.69) is 27.4 Å². The van der Waals surface area contributed by atoms with Crippen molar-refractivity contribution >= 4 is 40.0 Å². The van der Waals surface area contributed by atoms with Crippen LogP contribution in [0.1, 0.15) is 39.0 Å². The Bertz CT molecular complexity index is 774. The molecule has 0 aliphatic carbocycles. The first-order valence-electron chi connectivity index (χ1n) is 11.3. The van der Waals surface area contributed by atoms with Crippen LogP contribution in [0.15, 0.2) is 40.2 Å². The topological polar surface area (TPSA) is 77.0 Å². The molecule has 9 heteroatoms. The van der Waals surface area contributed by atoms with Gasteiger partial charge in [-0.1, -0.05) is 25.1 Å². The summed E-state index contributed by atoms with van der Waals surface area (Å²) in [6.45, 7) is 7.70. The first-order chi connectivity index (χ1) is 14.5. The van der Waals surface area contributed by atoms with E-state index in [0.29, 0.717) is 29.9 Å². The van der Waals surface area contributed by atoms with Crippen LogP contribution in [0.3, 0.4) is 0 Å². The molecule has 2 aliphatic heterocycles. The Labute approximate surface area is 205 Å². The van der Waals surface area contributed by atoms with Gasteiger partial charge >= 0.3 is 0 Å². The quantitative estimate of drug-likeness (QED) is 0.303. The van der Waals surface area contributed by atoms with Gasteiger partial charge in [-0.3, -0.25) is 4.99 Å². The van der Waals surface area contributed by atoms with E-state index in [1.807, 2.05) is 13.1 Å². The fraction of sp³-hybridized carbons (Fsp3) is 0.682. The van der Waals surface area contributed by atoms with Crippen LogP contribution in [0.25, 0.3) is 0 Å². The standard InChI is InChI=1S/C22H37N5O2S.HI/c1-3-13-26-14-11-20(12-15-26)25-22(23-2)24-18-19-9-16-27(17-10-19)30(28,29)21-7-5-4-6-8-21;/h4-8,19-20H,3,9-18H2,1-2H3,(H2,23,24,25);1H. The van der Waals surface area contributed by atoms with Crippen molar-refractivity contribution in [3.05, 3.63) is 30.3 Å². The molecule has 0 aromatic heterocycles. The molecule has 0 amide bonds. The largest absolute Gasteiger partial charge is 0.356 e. The fourth-order valence-corrected chi connectivity index (χ4v) is 5.83. The molecule has 2 N–H and O–H groups in total. The molecular weight excluding hydrogens is 525 g/mol. The van der Waals surface area contributed by atoms with E-state index in [9.17, 15) is 8.42 Å². The molecule has 31 heavy (non-hydrogen) atoms. The Morgan fingerprint density at radius 3 is 2.29 bits per heavy atom. The van der Waals surface area contributed by atoms with Gasteiger partial charge in [0.2, 0.25) is 10.0 Å². The zero-order valence-electron chi connectivity index (χ0n) is 18.8. The van der Waals surface area contributed by atoms with Crippen molar-refractivity contribution in [2.24, 2.45) is 10.9 Å². The van der Waals surface area contributed by atoms with Gasteiger partial charge in [-0.25, -0.2) is 8.42 Å². The Morgan fingerprint density at radius 2 is 1.71 bits per heavy atom. The number of nitrogens with one attached hydrogen (secondary N) is 2. The van der Waals surface area contributed by atoms with Gasteiger partial charge in [0.15, 0.2) is 5.96 Å². The Hall–Kier alpha value is -0.910. The van der Waals surface area contributed by atoms with E-state index < -0.39 is 10.0 Å². The molecule has 2 fully saturated rings. The van der Waals surface area contributed by atoms with Crippen molar-refractivity contribution in [3.8, 4) is 0 Å². The maximum atomic E-state index is 12.8. The lowest BCUT2D eigenvalue weighted by Gasteiger charge is -2.34. The average Bonchev–Trinajstić information content (AvgIpc) is 2.79. The lowest BCUT2D eigenvalue weighted by atomic mass is 9.98. The zero-order chi connectivity index (χ0) is 21.4. The Balaban J connectivity index is 0.00000341. The van der Waals surface area contributed by atoms with Gasteiger partial charge in [0.25, 0.3) is 0 Å². The number of sulfonamides is 1. The molecular formula is C22H38IN5O2S. The number of likely N-dealkylation sites (tertiary alicyclic amines) is 1. The van der Waals surface area contributed by atoms with Crippen molar-refractivity contribution in [1.29, 1.82) is 0 Å². The summed E-state index contributed by atoms with van der Waals surface area (Å²) in [6.07, 6.45) is 5.25. The fourth-order valence-electron chi connectivity index (χ4n) is 4.34. The molecule has 3 rings (SSSR count). The second-order valence-electron chi connectivity index (χ2n) is 8.37. The highest BCUT2D eigenvalue weighted by atomic mass is 127. The molecule has 2 aliphatic rings. The number of benzene rings is 1. The maximum absolute atomic E-state index is 12.8. The Morgan fingerprint density at radius 1 is 1.06 bits per heavy atom. The highest BCUT2D eigenvalue weighted by molar-refractivity contribution is 14.0. The Kier molecular flexibility index (Phi) is 11.0. The molecule has 7 nitrogen and oxygen atoms in total. The SMILES string of the molecule is CCCN1CCC(NC(=NC)NCC2CCN(S(=O)(=O)c3ccccc3)CC2)CC1.I. The van der Waals surface area contributed by atoms with E-state index in [0.717, 1.165) is 51.3 Å². The zero-order valence-corrected chi connectivity index (χ0v) is 21.9. The first kappa shape index (κ1) is 26.3. The minimum Gasteiger partial charge on any atom is -0.356 e. The summed E-state index contributed by atoms with van der Waals surface area (Å²) in [5.41, 5.74) is 0. The van der Waals surface area contributed by atoms with Crippen LogP contribution in [-0.4, -0.2) is 75.9 Å². The summed E-state index contributed by atoms with van der Waals surface area (Å²) in [6, 6.07) is 9.21. The number of piperidine rings is 2. The molecule has 1 aromatic rings. The first-order valence-corrected chi connectivity index (χ1v) is 12.7. The minimum absolute atomic E-state index is 0. The number of hydrogen-bond acceptors (Lipinski definition) is 4. The predicted molar refractivity (Wildman–Crippen MR) is 138 cm³/mol. The van der Waals surface area contributed by atoms with Gasteiger partial charge < -0.3 is 15.5 Å². The monoisotopic (exact) mass is 563 g/mol. The molecule has 0 atom stereocenters. The highest BCUT2D eigenvalue weighted by Crippen LogP contribution is 2.23. The molecule has 0 radical (unpaired) electrons. The van der Waals surface area contributed by atoms with Crippen LogP contribution in [0.2, 0.25) is 0 Å². The highest BCUT2D eigenvalue weighted by Gasteiger charge is 2.29. The van der Waals surface area contributed by atoms with Crippen molar-refractivity contribution in [3.63, 3.8) is 0 Å². The van der Waals surface area contributed by atoms with Gasteiger partial charge in [-0.2, -0.15) is 4.31 Å². The lowest BCUT2D eigenvalue weighted by molar-refractivity contribution is 0.206. The van der Waals surface area contributed by atoms with E-state index in [1.165, 1.54) is 13.0 Å². The second kappa shape index (κ2) is 13.0. The summed E-state index contributed by atoms with van der Waals surface area (Å²) in [7, 11) is -1.56. The van der Waals surface area contributed by atoms with E-state index in [1.54, 1.807) is 28.6 Å². The smallest absolute Gasteiger partial charge is 0.243 e. The van der Waals surface area contributed by atoms with Crippen LogP contribution in [0.5, 0.6) is 0 Å². The van der Waals surface area contributed by atoms with Crippen molar-refractivity contribution < 1.29 is 8.42 Å². The van der Waals surface area contributed by atoms with Crippen LogP contribution in [0, 0.1) is 5.92 Å². The number of halogens is 1. The third-order valence-electron chi connectivity index (χ3n) is 6.20. The number of hydrogen-bond donors (Lipinski definition) is 2. The molecule has 2 saturated heterocycles. The molecule has 0 spiro atoms.